The lowest BCUT2D eigenvalue weighted by Gasteiger charge is -2.32. The van der Waals surface area contributed by atoms with Crippen LogP contribution in [0, 0.1) is 0 Å². The maximum atomic E-state index is 9.32. The zero-order valence-electron chi connectivity index (χ0n) is 6.95. The summed E-state index contributed by atoms with van der Waals surface area (Å²) < 4.78 is 5.48. The molecule has 1 aliphatic rings. The molecule has 0 bridgehead atoms. The fourth-order valence-electron chi connectivity index (χ4n) is 1.09. The fraction of sp³-hybridized carbons (Fsp3) is 0.556. The van der Waals surface area contributed by atoms with E-state index in [0.717, 1.165) is 0 Å². The Morgan fingerprint density at radius 1 is 1.64 bits per heavy atom. The molecule has 0 saturated carbocycles. The Kier molecular flexibility index (Phi) is 2.16. The minimum absolute atomic E-state index is 0.269. The molecule has 0 fully saturated rings. The number of aliphatic hydroxyl groups is 1. The van der Waals surface area contributed by atoms with Crippen molar-refractivity contribution in [2.75, 3.05) is 0 Å². The molecule has 2 atom stereocenters. The van der Waals surface area contributed by atoms with E-state index in [-0.39, 0.29) is 11.7 Å². The SMILES string of the molecule is C=CC1OC(C)(C)C=C[C@@H]1O. The van der Waals surface area contributed by atoms with Gasteiger partial charge in [0, 0.05) is 0 Å². The van der Waals surface area contributed by atoms with Crippen molar-refractivity contribution in [3.63, 3.8) is 0 Å². The summed E-state index contributed by atoms with van der Waals surface area (Å²) in [6, 6.07) is 0. The highest BCUT2D eigenvalue weighted by Crippen LogP contribution is 2.22. The van der Waals surface area contributed by atoms with Gasteiger partial charge in [0.05, 0.1) is 5.60 Å². The zero-order valence-corrected chi connectivity index (χ0v) is 6.95. The first-order valence-electron chi connectivity index (χ1n) is 3.73. The smallest absolute Gasteiger partial charge is 0.106 e. The summed E-state index contributed by atoms with van der Waals surface area (Å²) in [7, 11) is 0. The third-order valence-electron chi connectivity index (χ3n) is 1.70. The summed E-state index contributed by atoms with van der Waals surface area (Å²) in [5.74, 6) is 0. The lowest BCUT2D eigenvalue weighted by molar-refractivity contribution is -0.0725. The van der Waals surface area contributed by atoms with Crippen LogP contribution in [0.5, 0.6) is 0 Å². The minimum Gasteiger partial charge on any atom is -0.386 e. The van der Waals surface area contributed by atoms with Gasteiger partial charge in [-0.25, -0.2) is 0 Å². The van der Waals surface area contributed by atoms with Gasteiger partial charge in [0.1, 0.15) is 12.2 Å². The van der Waals surface area contributed by atoms with Crippen LogP contribution in [0.4, 0.5) is 0 Å². The number of ether oxygens (including phenoxy) is 1. The van der Waals surface area contributed by atoms with E-state index in [2.05, 4.69) is 6.58 Å². The Morgan fingerprint density at radius 2 is 2.27 bits per heavy atom. The zero-order chi connectivity index (χ0) is 8.48. The molecule has 1 rings (SSSR count). The summed E-state index contributed by atoms with van der Waals surface area (Å²) in [6.45, 7) is 7.48. The highest BCUT2D eigenvalue weighted by Gasteiger charge is 2.27. The molecule has 0 spiro atoms. The summed E-state index contributed by atoms with van der Waals surface area (Å²) in [5, 5.41) is 9.32. The molecule has 0 saturated heterocycles. The quantitative estimate of drug-likeness (QED) is 0.576. The minimum atomic E-state index is -0.541. The van der Waals surface area contributed by atoms with Gasteiger partial charge in [0.15, 0.2) is 0 Å². The largest absolute Gasteiger partial charge is 0.386 e. The van der Waals surface area contributed by atoms with E-state index in [1.54, 1.807) is 12.2 Å². The summed E-state index contributed by atoms with van der Waals surface area (Å²) in [6.07, 6.45) is 4.42. The number of rotatable bonds is 1. The standard InChI is InChI=1S/C9H14O2/c1-4-8-7(10)5-6-9(2,3)11-8/h4-8,10H,1H2,2-3H3/t7-,8?/m0/s1. The molecule has 0 aromatic heterocycles. The first kappa shape index (κ1) is 8.50. The summed E-state index contributed by atoms with van der Waals surface area (Å²) >= 11 is 0. The van der Waals surface area contributed by atoms with Crippen molar-refractivity contribution in [2.45, 2.75) is 31.7 Å². The molecule has 1 heterocycles. The molecular formula is C9H14O2. The second kappa shape index (κ2) is 2.80. The maximum Gasteiger partial charge on any atom is 0.106 e. The van der Waals surface area contributed by atoms with Crippen LogP contribution in [0.15, 0.2) is 24.8 Å². The number of aliphatic hydroxyl groups excluding tert-OH is 1. The Hall–Kier alpha value is -0.600. The average Bonchev–Trinajstić information content (AvgIpc) is 1.94. The molecule has 2 heteroatoms. The van der Waals surface area contributed by atoms with E-state index in [9.17, 15) is 5.11 Å². The van der Waals surface area contributed by atoms with Crippen LogP contribution >= 0.6 is 0 Å². The third kappa shape index (κ3) is 1.91. The van der Waals surface area contributed by atoms with Crippen LogP contribution in [0.2, 0.25) is 0 Å². The van der Waals surface area contributed by atoms with Crippen molar-refractivity contribution in [1.29, 1.82) is 0 Å². The van der Waals surface area contributed by atoms with Crippen LogP contribution in [-0.2, 0) is 4.74 Å². The van der Waals surface area contributed by atoms with Crippen molar-refractivity contribution >= 4 is 0 Å². The molecule has 0 aromatic carbocycles. The van der Waals surface area contributed by atoms with Gasteiger partial charge in [-0.1, -0.05) is 18.2 Å². The Bertz CT molecular complexity index is 182. The molecular weight excluding hydrogens is 140 g/mol. The van der Waals surface area contributed by atoms with Gasteiger partial charge >= 0.3 is 0 Å². The lowest BCUT2D eigenvalue weighted by Crippen LogP contribution is -2.38. The van der Waals surface area contributed by atoms with E-state index in [1.807, 2.05) is 19.9 Å². The number of hydrogen-bond donors (Lipinski definition) is 1. The highest BCUT2D eigenvalue weighted by atomic mass is 16.5. The van der Waals surface area contributed by atoms with Gasteiger partial charge in [-0.05, 0) is 13.8 Å². The van der Waals surface area contributed by atoms with Gasteiger partial charge in [-0.2, -0.15) is 0 Å². The predicted molar refractivity (Wildman–Crippen MR) is 44.3 cm³/mol. The van der Waals surface area contributed by atoms with Crippen LogP contribution in [0.25, 0.3) is 0 Å². The fourth-order valence-corrected chi connectivity index (χ4v) is 1.09. The van der Waals surface area contributed by atoms with Crippen molar-refractivity contribution in [1.82, 2.24) is 0 Å². The Labute approximate surface area is 67.2 Å². The van der Waals surface area contributed by atoms with E-state index in [0.29, 0.717) is 0 Å². The van der Waals surface area contributed by atoms with Crippen LogP contribution in [-0.4, -0.2) is 22.9 Å². The van der Waals surface area contributed by atoms with Crippen molar-refractivity contribution in [2.24, 2.45) is 0 Å². The molecule has 1 N–H and O–H groups in total. The van der Waals surface area contributed by atoms with Crippen molar-refractivity contribution in [3.8, 4) is 0 Å². The van der Waals surface area contributed by atoms with Gasteiger partial charge < -0.3 is 9.84 Å². The topological polar surface area (TPSA) is 29.5 Å². The normalized spacial score (nSPS) is 35.2. The summed E-state index contributed by atoms with van der Waals surface area (Å²) in [4.78, 5) is 0. The monoisotopic (exact) mass is 154 g/mol. The average molecular weight is 154 g/mol. The Morgan fingerprint density at radius 3 is 2.73 bits per heavy atom. The van der Waals surface area contributed by atoms with Crippen LogP contribution in [0.3, 0.4) is 0 Å². The third-order valence-corrected chi connectivity index (χ3v) is 1.70. The van der Waals surface area contributed by atoms with Crippen LogP contribution < -0.4 is 0 Å². The lowest BCUT2D eigenvalue weighted by atomic mass is 10.0. The van der Waals surface area contributed by atoms with Crippen LogP contribution in [0.1, 0.15) is 13.8 Å². The number of hydrogen-bond acceptors (Lipinski definition) is 2. The molecule has 11 heavy (non-hydrogen) atoms. The molecule has 2 nitrogen and oxygen atoms in total. The van der Waals surface area contributed by atoms with Gasteiger partial charge in [0.25, 0.3) is 0 Å². The first-order valence-corrected chi connectivity index (χ1v) is 3.73. The Balaban J connectivity index is 2.75. The van der Waals surface area contributed by atoms with Crippen molar-refractivity contribution < 1.29 is 9.84 Å². The molecule has 1 unspecified atom stereocenters. The second-order valence-electron chi connectivity index (χ2n) is 3.27. The van der Waals surface area contributed by atoms with Crippen molar-refractivity contribution in [3.05, 3.63) is 24.8 Å². The van der Waals surface area contributed by atoms with E-state index in [4.69, 9.17) is 4.74 Å². The van der Waals surface area contributed by atoms with Gasteiger partial charge in [-0.15, -0.1) is 6.58 Å². The van der Waals surface area contributed by atoms with E-state index < -0.39 is 6.10 Å². The van der Waals surface area contributed by atoms with E-state index >= 15 is 0 Å². The molecule has 1 aliphatic heterocycles. The predicted octanol–water partition coefficient (Wildman–Crippen LogP) is 1.27. The highest BCUT2D eigenvalue weighted by molar-refractivity contribution is 5.10. The van der Waals surface area contributed by atoms with Gasteiger partial charge in [0.2, 0.25) is 0 Å². The molecule has 0 aromatic rings. The molecule has 0 radical (unpaired) electrons. The molecule has 0 aliphatic carbocycles. The van der Waals surface area contributed by atoms with E-state index in [1.165, 1.54) is 0 Å². The molecule has 0 amide bonds. The van der Waals surface area contributed by atoms with Gasteiger partial charge in [-0.3, -0.25) is 0 Å². The first-order chi connectivity index (χ1) is 5.05. The molecule has 62 valence electrons. The maximum absolute atomic E-state index is 9.32. The second-order valence-corrected chi connectivity index (χ2v) is 3.27. The summed E-state index contributed by atoms with van der Waals surface area (Å²) in [5.41, 5.74) is -0.280.